The van der Waals surface area contributed by atoms with Gasteiger partial charge in [-0.3, -0.25) is 14.9 Å². The van der Waals surface area contributed by atoms with Crippen LogP contribution in [0.3, 0.4) is 0 Å². The lowest BCUT2D eigenvalue weighted by molar-refractivity contribution is -0.146. The first-order valence-electron chi connectivity index (χ1n) is 8.69. The van der Waals surface area contributed by atoms with Gasteiger partial charge in [0.2, 0.25) is 0 Å². The molecule has 1 aliphatic heterocycles. The molecule has 0 atom stereocenters. The van der Waals surface area contributed by atoms with Crippen LogP contribution < -0.4 is 5.32 Å². The van der Waals surface area contributed by atoms with E-state index in [9.17, 15) is 4.79 Å². The van der Waals surface area contributed by atoms with Gasteiger partial charge in [0.05, 0.1) is 13.0 Å². The normalized spacial score (nSPS) is 15.8. The molecule has 8 nitrogen and oxygen atoms in total. The predicted octanol–water partition coefficient (Wildman–Crippen LogP) is 1.43. The van der Waals surface area contributed by atoms with Gasteiger partial charge in [0.1, 0.15) is 6.33 Å². The zero-order chi connectivity index (χ0) is 18.4. The third kappa shape index (κ3) is 4.19. The van der Waals surface area contributed by atoms with Crippen molar-refractivity contribution >= 4 is 11.9 Å². The van der Waals surface area contributed by atoms with Crippen molar-refractivity contribution in [1.82, 2.24) is 25.4 Å². The summed E-state index contributed by atoms with van der Waals surface area (Å²) in [5.74, 6) is 1.48. The number of carbonyl (C=O) groups is 1. The minimum absolute atomic E-state index is 0.00653. The summed E-state index contributed by atoms with van der Waals surface area (Å²) in [5.41, 5.74) is 2.13. The van der Waals surface area contributed by atoms with Crippen molar-refractivity contribution < 1.29 is 9.53 Å². The zero-order valence-electron chi connectivity index (χ0n) is 15.1. The Kier molecular flexibility index (Phi) is 5.83. The number of guanidine groups is 1. The Balaban J connectivity index is 1.57. The van der Waals surface area contributed by atoms with Gasteiger partial charge < -0.3 is 15.0 Å². The number of likely N-dealkylation sites (tertiary alicyclic amines) is 1. The predicted molar refractivity (Wildman–Crippen MR) is 98.3 cm³/mol. The van der Waals surface area contributed by atoms with E-state index in [0.717, 1.165) is 48.8 Å². The van der Waals surface area contributed by atoms with Crippen LogP contribution in [0.1, 0.15) is 18.4 Å². The van der Waals surface area contributed by atoms with E-state index in [0.29, 0.717) is 6.54 Å². The number of aromatic amines is 1. The number of hydrogen-bond donors (Lipinski definition) is 2. The Morgan fingerprint density at radius 3 is 2.88 bits per heavy atom. The molecule has 1 saturated heterocycles. The number of H-pyrrole nitrogens is 1. The number of carbonyl (C=O) groups excluding carboxylic acids is 1. The maximum absolute atomic E-state index is 11.7. The molecule has 0 saturated carbocycles. The van der Waals surface area contributed by atoms with Gasteiger partial charge in [0, 0.05) is 32.2 Å². The molecule has 2 heterocycles. The van der Waals surface area contributed by atoms with Crippen molar-refractivity contribution in [3.63, 3.8) is 0 Å². The maximum atomic E-state index is 11.7. The number of piperidine rings is 1. The average molecular weight is 356 g/mol. The highest BCUT2D eigenvalue weighted by Crippen LogP contribution is 2.19. The van der Waals surface area contributed by atoms with E-state index >= 15 is 0 Å². The molecular formula is C18H24N6O2. The lowest BCUT2D eigenvalue weighted by Crippen LogP contribution is -2.46. The highest BCUT2D eigenvalue weighted by molar-refractivity contribution is 5.80. The molecule has 2 aromatic rings. The molecular weight excluding hydrogens is 332 g/mol. The van der Waals surface area contributed by atoms with Gasteiger partial charge in [-0.05, 0) is 24.5 Å². The molecule has 1 aromatic carbocycles. The summed E-state index contributed by atoms with van der Waals surface area (Å²) in [7, 11) is 3.22. The number of aliphatic imine (C=N–C) groups is 1. The van der Waals surface area contributed by atoms with Crippen LogP contribution in [-0.2, 0) is 16.1 Å². The number of rotatable bonds is 4. The van der Waals surface area contributed by atoms with Crippen LogP contribution in [0.5, 0.6) is 0 Å². The summed E-state index contributed by atoms with van der Waals surface area (Å²) < 4.78 is 4.84. The van der Waals surface area contributed by atoms with Crippen molar-refractivity contribution in [2.45, 2.75) is 19.4 Å². The highest BCUT2D eigenvalue weighted by atomic mass is 16.5. The molecule has 0 bridgehead atoms. The zero-order valence-corrected chi connectivity index (χ0v) is 15.1. The second-order valence-electron chi connectivity index (χ2n) is 6.22. The quantitative estimate of drug-likeness (QED) is 0.489. The van der Waals surface area contributed by atoms with Gasteiger partial charge >= 0.3 is 5.97 Å². The molecule has 8 heteroatoms. The number of ether oxygens (including phenoxy) is 1. The summed E-state index contributed by atoms with van der Waals surface area (Å²) in [6.07, 6.45) is 3.07. The fraction of sp³-hybridized carbons (Fsp3) is 0.444. The van der Waals surface area contributed by atoms with Gasteiger partial charge in [-0.2, -0.15) is 5.10 Å². The minimum Gasteiger partial charge on any atom is -0.469 e. The van der Waals surface area contributed by atoms with Crippen molar-refractivity contribution in [2.24, 2.45) is 10.9 Å². The summed E-state index contributed by atoms with van der Waals surface area (Å²) in [6, 6.07) is 8.13. The fourth-order valence-corrected chi connectivity index (χ4v) is 3.18. The van der Waals surface area contributed by atoms with Crippen LogP contribution in [0.4, 0.5) is 0 Å². The number of nitrogens with one attached hydrogen (secondary N) is 2. The Morgan fingerprint density at radius 2 is 2.23 bits per heavy atom. The number of esters is 1. The molecule has 138 valence electrons. The van der Waals surface area contributed by atoms with Crippen LogP contribution in [0.2, 0.25) is 0 Å². The van der Waals surface area contributed by atoms with E-state index in [1.54, 1.807) is 7.05 Å². The Bertz CT molecular complexity index is 751. The lowest BCUT2D eigenvalue weighted by atomic mass is 9.97. The van der Waals surface area contributed by atoms with E-state index in [1.165, 1.54) is 13.4 Å². The highest BCUT2D eigenvalue weighted by Gasteiger charge is 2.26. The molecule has 2 N–H and O–H groups in total. The van der Waals surface area contributed by atoms with Crippen molar-refractivity contribution in [2.75, 3.05) is 27.2 Å². The first-order valence-corrected chi connectivity index (χ1v) is 8.69. The van der Waals surface area contributed by atoms with Crippen LogP contribution >= 0.6 is 0 Å². The Labute approximate surface area is 152 Å². The second kappa shape index (κ2) is 8.46. The summed E-state index contributed by atoms with van der Waals surface area (Å²) in [6.45, 7) is 2.24. The fourth-order valence-electron chi connectivity index (χ4n) is 3.18. The molecule has 0 radical (unpaired) electrons. The van der Waals surface area contributed by atoms with Gasteiger partial charge in [-0.25, -0.2) is 4.98 Å². The molecule has 0 amide bonds. The standard InChI is InChI=1S/C18H24N6O2/c1-19-18(24-8-6-14(7-9-24)17(25)26-2)20-11-13-4-3-5-15(10-13)16-21-12-22-23-16/h3-5,10,12,14H,6-9,11H2,1-2H3,(H,19,20)(H,21,22,23). The van der Waals surface area contributed by atoms with Gasteiger partial charge in [0.15, 0.2) is 11.8 Å². The van der Waals surface area contributed by atoms with Crippen molar-refractivity contribution in [1.29, 1.82) is 0 Å². The smallest absolute Gasteiger partial charge is 0.308 e. The first-order chi connectivity index (χ1) is 12.7. The Hall–Kier alpha value is -2.90. The summed E-state index contributed by atoms with van der Waals surface area (Å²) >= 11 is 0. The number of nitrogens with zero attached hydrogens (tertiary/aromatic N) is 4. The van der Waals surface area contributed by atoms with Gasteiger partial charge in [0.25, 0.3) is 0 Å². The van der Waals surface area contributed by atoms with Crippen LogP contribution in [0.15, 0.2) is 35.6 Å². The number of hydrogen-bond acceptors (Lipinski definition) is 5. The van der Waals surface area contributed by atoms with Crippen LogP contribution in [0, 0.1) is 5.92 Å². The summed E-state index contributed by atoms with van der Waals surface area (Å²) in [4.78, 5) is 22.4. The van der Waals surface area contributed by atoms with Gasteiger partial charge in [-0.1, -0.05) is 18.2 Å². The molecule has 0 aliphatic carbocycles. The van der Waals surface area contributed by atoms with E-state index in [4.69, 9.17) is 4.74 Å². The molecule has 26 heavy (non-hydrogen) atoms. The molecule has 1 aromatic heterocycles. The summed E-state index contributed by atoms with van der Waals surface area (Å²) in [5, 5.41) is 10.2. The van der Waals surface area contributed by atoms with Crippen molar-refractivity contribution in [3.05, 3.63) is 36.2 Å². The molecule has 3 rings (SSSR count). The van der Waals surface area contributed by atoms with E-state index in [2.05, 4.69) is 42.5 Å². The van der Waals surface area contributed by atoms with E-state index in [-0.39, 0.29) is 11.9 Å². The van der Waals surface area contributed by atoms with Gasteiger partial charge in [-0.15, -0.1) is 0 Å². The molecule has 1 aliphatic rings. The monoisotopic (exact) mass is 356 g/mol. The Morgan fingerprint density at radius 1 is 1.42 bits per heavy atom. The first kappa shape index (κ1) is 17.9. The second-order valence-corrected chi connectivity index (χ2v) is 6.22. The molecule has 0 unspecified atom stereocenters. The SMILES string of the molecule is CN=C(NCc1cccc(-c2ncn[nH]2)c1)N1CCC(C(=O)OC)CC1. The van der Waals surface area contributed by atoms with E-state index in [1.807, 2.05) is 12.1 Å². The lowest BCUT2D eigenvalue weighted by Gasteiger charge is -2.33. The third-order valence-corrected chi connectivity index (χ3v) is 4.61. The third-order valence-electron chi connectivity index (χ3n) is 4.61. The van der Waals surface area contributed by atoms with Crippen molar-refractivity contribution in [3.8, 4) is 11.4 Å². The average Bonchev–Trinajstić information content (AvgIpc) is 3.23. The molecule has 0 spiro atoms. The maximum Gasteiger partial charge on any atom is 0.308 e. The van der Waals surface area contributed by atoms with Crippen LogP contribution in [0.25, 0.3) is 11.4 Å². The van der Waals surface area contributed by atoms with Crippen LogP contribution in [-0.4, -0.2) is 59.3 Å². The number of aromatic nitrogens is 3. The van der Waals surface area contributed by atoms with E-state index < -0.39 is 0 Å². The molecule has 1 fully saturated rings. The number of methoxy groups -OCH3 is 1. The number of benzene rings is 1. The topological polar surface area (TPSA) is 95.5 Å². The minimum atomic E-state index is -0.114. The largest absolute Gasteiger partial charge is 0.469 e.